The Morgan fingerprint density at radius 3 is 2.80 bits per heavy atom. The molecule has 3 aromatic rings. The standard InChI is InChI=1S/C20H15N3O2/c21-11-14-4-3-6-16(10-14)20(24)23-12-17(13-23)25-19-9-8-15-5-1-2-7-18(15)22-19/h1-10,17H,12-13H2. The first-order chi connectivity index (χ1) is 12.2. The third-order valence-corrected chi connectivity index (χ3v) is 4.23. The van der Waals surface area contributed by atoms with Gasteiger partial charge in [-0.25, -0.2) is 4.98 Å². The molecule has 0 saturated carbocycles. The predicted molar refractivity (Wildman–Crippen MR) is 93.2 cm³/mol. The highest BCUT2D eigenvalue weighted by Gasteiger charge is 2.33. The Labute approximate surface area is 145 Å². The first-order valence-electron chi connectivity index (χ1n) is 8.05. The summed E-state index contributed by atoms with van der Waals surface area (Å²) in [5.41, 5.74) is 1.90. The summed E-state index contributed by atoms with van der Waals surface area (Å²) >= 11 is 0. The lowest BCUT2D eigenvalue weighted by molar-refractivity contribution is 0.0161. The lowest BCUT2D eigenvalue weighted by atomic mass is 10.1. The fourth-order valence-corrected chi connectivity index (χ4v) is 2.87. The number of fused-ring (bicyclic) bond motifs is 1. The van der Waals surface area contributed by atoms with Crippen LogP contribution in [0.15, 0.2) is 60.7 Å². The molecule has 0 spiro atoms. The number of hydrogen-bond acceptors (Lipinski definition) is 4. The first-order valence-corrected chi connectivity index (χ1v) is 8.05. The summed E-state index contributed by atoms with van der Waals surface area (Å²) in [6.07, 6.45) is -0.0586. The molecule has 5 heteroatoms. The maximum absolute atomic E-state index is 12.4. The number of para-hydroxylation sites is 1. The van der Waals surface area contributed by atoms with E-state index in [9.17, 15) is 4.79 Å². The van der Waals surface area contributed by atoms with E-state index < -0.39 is 0 Å². The van der Waals surface area contributed by atoms with E-state index in [0.29, 0.717) is 30.1 Å². The zero-order chi connectivity index (χ0) is 17.2. The second-order valence-electron chi connectivity index (χ2n) is 5.98. The van der Waals surface area contributed by atoms with E-state index in [1.165, 1.54) is 0 Å². The summed E-state index contributed by atoms with van der Waals surface area (Å²) in [5.74, 6) is 0.491. The molecule has 5 nitrogen and oxygen atoms in total. The van der Waals surface area contributed by atoms with E-state index in [0.717, 1.165) is 10.9 Å². The molecule has 0 bridgehead atoms. The Bertz CT molecular complexity index is 987. The van der Waals surface area contributed by atoms with Crippen molar-refractivity contribution >= 4 is 16.8 Å². The summed E-state index contributed by atoms with van der Waals surface area (Å²) in [7, 11) is 0. The Hall–Kier alpha value is -3.39. The van der Waals surface area contributed by atoms with Crippen molar-refractivity contribution in [3.63, 3.8) is 0 Å². The number of benzene rings is 2. The van der Waals surface area contributed by atoms with Crippen LogP contribution in [0, 0.1) is 11.3 Å². The maximum atomic E-state index is 12.4. The third-order valence-electron chi connectivity index (χ3n) is 4.23. The van der Waals surface area contributed by atoms with Gasteiger partial charge in [0.15, 0.2) is 0 Å². The fourth-order valence-electron chi connectivity index (χ4n) is 2.87. The number of rotatable bonds is 3. The number of hydrogen-bond donors (Lipinski definition) is 0. The van der Waals surface area contributed by atoms with Crippen LogP contribution in [0.2, 0.25) is 0 Å². The van der Waals surface area contributed by atoms with Crippen molar-refractivity contribution in [3.8, 4) is 11.9 Å². The molecule has 2 heterocycles. The van der Waals surface area contributed by atoms with Crippen LogP contribution in [0.25, 0.3) is 10.9 Å². The number of nitrogens with zero attached hydrogens (tertiary/aromatic N) is 3. The second-order valence-corrected chi connectivity index (χ2v) is 5.98. The molecule has 1 fully saturated rings. The molecule has 1 saturated heterocycles. The van der Waals surface area contributed by atoms with Crippen molar-refractivity contribution in [1.82, 2.24) is 9.88 Å². The molecule has 2 aromatic carbocycles. The molecule has 0 atom stereocenters. The normalized spacial score (nSPS) is 14.0. The molecule has 1 amide bonds. The van der Waals surface area contributed by atoms with Crippen LogP contribution in [0.5, 0.6) is 5.88 Å². The Kier molecular flexibility index (Phi) is 3.79. The number of aromatic nitrogens is 1. The number of carbonyl (C=O) groups excluding carboxylic acids is 1. The summed E-state index contributed by atoms with van der Waals surface area (Å²) < 4.78 is 5.86. The molecule has 0 unspecified atom stereocenters. The first kappa shape index (κ1) is 15.2. The van der Waals surface area contributed by atoms with E-state index >= 15 is 0 Å². The van der Waals surface area contributed by atoms with Crippen LogP contribution in [0.3, 0.4) is 0 Å². The van der Waals surface area contributed by atoms with Crippen LogP contribution >= 0.6 is 0 Å². The number of ether oxygens (including phenoxy) is 1. The van der Waals surface area contributed by atoms with Crippen molar-refractivity contribution in [2.45, 2.75) is 6.10 Å². The molecule has 0 radical (unpaired) electrons. The van der Waals surface area contributed by atoms with Crippen molar-refractivity contribution in [2.75, 3.05) is 13.1 Å². The quantitative estimate of drug-likeness (QED) is 0.741. The molecular formula is C20H15N3O2. The third kappa shape index (κ3) is 3.02. The number of amides is 1. The number of pyridine rings is 1. The molecule has 1 aliphatic rings. The van der Waals surface area contributed by atoms with E-state index in [2.05, 4.69) is 4.98 Å². The van der Waals surface area contributed by atoms with E-state index in [-0.39, 0.29) is 12.0 Å². The molecule has 0 N–H and O–H groups in total. The lowest BCUT2D eigenvalue weighted by Crippen LogP contribution is -2.56. The number of nitriles is 1. The van der Waals surface area contributed by atoms with Gasteiger partial charge in [0.2, 0.25) is 5.88 Å². The highest BCUT2D eigenvalue weighted by atomic mass is 16.5. The van der Waals surface area contributed by atoms with Crippen LogP contribution in [0.1, 0.15) is 15.9 Å². The summed E-state index contributed by atoms with van der Waals surface area (Å²) in [5, 5.41) is 10.0. The Morgan fingerprint density at radius 2 is 1.96 bits per heavy atom. The lowest BCUT2D eigenvalue weighted by Gasteiger charge is -2.38. The largest absolute Gasteiger partial charge is 0.471 e. The smallest absolute Gasteiger partial charge is 0.254 e. The highest BCUT2D eigenvalue weighted by Crippen LogP contribution is 2.21. The maximum Gasteiger partial charge on any atom is 0.254 e. The van der Waals surface area contributed by atoms with Crippen molar-refractivity contribution in [2.24, 2.45) is 0 Å². The second kappa shape index (κ2) is 6.25. The van der Waals surface area contributed by atoms with E-state index in [1.54, 1.807) is 29.2 Å². The average molecular weight is 329 g/mol. The number of likely N-dealkylation sites (tertiary alicyclic amines) is 1. The van der Waals surface area contributed by atoms with Gasteiger partial charge in [0.25, 0.3) is 5.91 Å². The molecule has 4 rings (SSSR count). The fraction of sp³-hybridized carbons (Fsp3) is 0.150. The van der Waals surface area contributed by atoms with Crippen molar-refractivity contribution in [1.29, 1.82) is 5.26 Å². The van der Waals surface area contributed by atoms with Gasteiger partial charge >= 0.3 is 0 Å². The monoisotopic (exact) mass is 329 g/mol. The zero-order valence-corrected chi connectivity index (χ0v) is 13.4. The van der Waals surface area contributed by atoms with Crippen LogP contribution in [-0.2, 0) is 0 Å². The predicted octanol–water partition coefficient (Wildman–Crippen LogP) is 3.01. The highest BCUT2D eigenvalue weighted by molar-refractivity contribution is 5.95. The van der Waals surface area contributed by atoms with Gasteiger partial charge in [-0.05, 0) is 30.3 Å². The minimum absolute atomic E-state index is 0.0586. The van der Waals surface area contributed by atoms with Gasteiger partial charge in [-0.15, -0.1) is 0 Å². The van der Waals surface area contributed by atoms with E-state index in [1.807, 2.05) is 42.5 Å². The van der Waals surface area contributed by atoms with Crippen LogP contribution in [0.4, 0.5) is 0 Å². The number of carbonyl (C=O) groups is 1. The van der Waals surface area contributed by atoms with Crippen LogP contribution in [-0.4, -0.2) is 35.0 Å². The van der Waals surface area contributed by atoms with Gasteiger partial charge in [0, 0.05) is 17.0 Å². The molecule has 122 valence electrons. The molecular weight excluding hydrogens is 314 g/mol. The minimum Gasteiger partial charge on any atom is -0.471 e. The Balaban J connectivity index is 1.39. The summed E-state index contributed by atoms with van der Waals surface area (Å²) in [6, 6.07) is 20.5. The van der Waals surface area contributed by atoms with Gasteiger partial charge in [0.1, 0.15) is 6.10 Å². The van der Waals surface area contributed by atoms with Gasteiger partial charge in [0.05, 0.1) is 30.2 Å². The molecule has 1 aromatic heterocycles. The van der Waals surface area contributed by atoms with Gasteiger partial charge in [-0.3, -0.25) is 4.79 Å². The van der Waals surface area contributed by atoms with Crippen LogP contribution < -0.4 is 4.74 Å². The SMILES string of the molecule is N#Cc1cccc(C(=O)N2CC(Oc3ccc4ccccc4n3)C2)c1. The molecule has 25 heavy (non-hydrogen) atoms. The van der Waals surface area contributed by atoms with Crippen molar-refractivity contribution < 1.29 is 9.53 Å². The van der Waals surface area contributed by atoms with E-state index in [4.69, 9.17) is 10.00 Å². The Morgan fingerprint density at radius 1 is 1.12 bits per heavy atom. The van der Waals surface area contributed by atoms with Gasteiger partial charge in [-0.1, -0.05) is 24.3 Å². The van der Waals surface area contributed by atoms with Gasteiger partial charge in [-0.2, -0.15) is 5.26 Å². The summed E-state index contributed by atoms with van der Waals surface area (Å²) in [4.78, 5) is 18.6. The zero-order valence-electron chi connectivity index (χ0n) is 13.4. The summed E-state index contributed by atoms with van der Waals surface area (Å²) in [6.45, 7) is 1.04. The average Bonchev–Trinajstić information content (AvgIpc) is 2.63. The minimum atomic E-state index is -0.0802. The molecule has 0 aliphatic carbocycles. The topological polar surface area (TPSA) is 66.2 Å². The van der Waals surface area contributed by atoms with Crippen molar-refractivity contribution in [3.05, 3.63) is 71.8 Å². The van der Waals surface area contributed by atoms with Gasteiger partial charge < -0.3 is 9.64 Å². The molecule has 1 aliphatic heterocycles.